The Morgan fingerprint density at radius 3 is 2.12 bits per heavy atom. The second-order valence-corrected chi connectivity index (χ2v) is 4.45. The van der Waals surface area contributed by atoms with Gasteiger partial charge in [0.05, 0.1) is 46.1 Å². The maximum atomic E-state index is 5.70. The van der Waals surface area contributed by atoms with Gasteiger partial charge in [-0.2, -0.15) is 0 Å². The number of hydrogen-bond acceptors (Lipinski definition) is 3. The van der Waals surface area contributed by atoms with Crippen molar-refractivity contribution in [2.75, 3.05) is 59.9 Å². The minimum Gasteiger partial charge on any atom is -1.00 e. The van der Waals surface area contributed by atoms with Gasteiger partial charge in [-0.25, -0.2) is 0 Å². The number of rotatable bonds is 9. The van der Waals surface area contributed by atoms with Crippen LogP contribution >= 0.6 is 0 Å². The van der Waals surface area contributed by atoms with Crippen molar-refractivity contribution in [3.05, 3.63) is 0 Å². The topological polar surface area (TPSA) is 27.7 Å². The molecule has 4 nitrogen and oxygen atoms in total. The van der Waals surface area contributed by atoms with Crippen molar-refractivity contribution < 1.29 is 42.7 Å². The van der Waals surface area contributed by atoms with E-state index < -0.39 is 0 Å². The van der Waals surface area contributed by atoms with Crippen molar-refractivity contribution in [3.8, 4) is 0 Å². The standard InChI is InChI=1S/C12H26NO3.HI/c1-3-13(6-4-5-7-13)12-16-11-10-15-9-8-14-2;/h3-12H2,1-2H3;1H/q+1;/p-1. The van der Waals surface area contributed by atoms with Gasteiger partial charge in [-0.1, -0.05) is 0 Å². The smallest absolute Gasteiger partial charge is 0.183 e. The molecule has 1 aliphatic rings. The summed E-state index contributed by atoms with van der Waals surface area (Å²) in [5, 5.41) is 0. The molecule has 0 aliphatic carbocycles. The summed E-state index contributed by atoms with van der Waals surface area (Å²) in [5.41, 5.74) is 0. The first-order chi connectivity index (χ1) is 7.83. The summed E-state index contributed by atoms with van der Waals surface area (Å²) in [4.78, 5) is 0. The maximum Gasteiger partial charge on any atom is 0.183 e. The molecule has 0 atom stereocenters. The number of likely N-dealkylation sites (tertiary alicyclic amines) is 1. The van der Waals surface area contributed by atoms with Gasteiger partial charge < -0.3 is 42.7 Å². The molecule has 0 aromatic carbocycles. The molecular formula is C12H26INO3. The molecule has 0 spiro atoms. The van der Waals surface area contributed by atoms with E-state index >= 15 is 0 Å². The van der Waals surface area contributed by atoms with E-state index in [4.69, 9.17) is 14.2 Å². The largest absolute Gasteiger partial charge is 1.00 e. The van der Waals surface area contributed by atoms with E-state index in [0.717, 1.165) is 11.2 Å². The van der Waals surface area contributed by atoms with E-state index in [9.17, 15) is 0 Å². The van der Waals surface area contributed by atoms with Crippen LogP contribution in [0.25, 0.3) is 0 Å². The number of nitrogens with zero attached hydrogens (tertiary/aromatic N) is 1. The first kappa shape index (κ1) is 17.6. The van der Waals surface area contributed by atoms with E-state index in [2.05, 4.69) is 6.92 Å². The zero-order chi connectivity index (χ0) is 11.7. The summed E-state index contributed by atoms with van der Waals surface area (Å²) < 4.78 is 17.1. The van der Waals surface area contributed by atoms with Crippen LogP contribution in [0.4, 0.5) is 0 Å². The van der Waals surface area contributed by atoms with Crippen LogP contribution in [0.1, 0.15) is 19.8 Å². The van der Waals surface area contributed by atoms with Gasteiger partial charge in [0.2, 0.25) is 0 Å². The zero-order valence-corrected chi connectivity index (χ0v) is 13.3. The van der Waals surface area contributed by atoms with Gasteiger partial charge in [0.1, 0.15) is 0 Å². The van der Waals surface area contributed by atoms with E-state index in [1.54, 1.807) is 7.11 Å². The van der Waals surface area contributed by atoms with Gasteiger partial charge in [-0.15, -0.1) is 0 Å². The normalized spacial score (nSPS) is 18.0. The third-order valence-corrected chi connectivity index (χ3v) is 3.35. The number of halogens is 1. The van der Waals surface area contributed by atoms with E-state index in [1.807, 2.05) is 0 Å². The highest BCUT2D eigenvalue weighted by Crippen LogP contribution is 2.18. The van der Waals surface area contributed by atoms with Crippen LogP contribution in [0.5, 0.6) is 0 Å². The fourth-order valence-corrected chi connectivity index (χ4v) is 2.16. The second kappa shape index (κ2) is 10.5. The Morgan fingerprint density at radius 2 is 1.53 bits per heavy atom. The minimum absolute atomic E-state index is 0. The van der Waals surface area contributed by atoms with Gasteiger partial charge in [0.25, 0.3) is 0 Å². The fourth-order valence-electron chi connectivity index (χ4n) is 2.16. The lowest BCUT2D eigenvalue weighted by molar-refractivity contribution is -0.933. The molecule has 1 rings (SSSR count). The molecule has 1 fully saturated rings. The predicted octanol–water partition coefficient (Wildman–Crippen LogP) is -1.74. The number of hydrogen-bond donors (Lipinski definition) is 0. The van der Waals surface area contributed by atoms with Crippen molar-refractivity contribution in [2.24, 2.45) is 0 Å². The molecule has 0 amide bonds. The van der Waals surface area contributed by atoms with E-state index in [1.165, 1.54) is 32.5 Å². The van der Waals surface area contributed by atoms with Gasteiger partial charge in [-0.05, 0) is 6.92 Å². The monoisotopic (exact) mass is 359 g/mol. The van der Waals surface area contributed by atoms with Crippen LogP contribution < -0.4 is 24.0 Å². The Hall–Kier alpha value is 0.570. The second-order valence-electron chi connectivity index (χ2n) is 4.45. The highest BCUT2D eigenvalue weighted by atomic mass is 127. The van der Waals surface area contributed by atoms with Gasteiger partial charge in [-0.3, -0.25) is 0 Å². The highest BCUT2D eigenvalue weighted by Gasteiger charge is 2.29. The molecule has 1 heterocycles. The number of ether oxygens (including phenoxy) is 3. The first-order valence-electron chi connectivity index (χ1n) is 6.32. The molecule has 0 N–H and O–H groups in total. The van der Waals surface area contributed by atoms with Crippen molar-refractivity contribution in [1.82, 2.24) is 0 Å². The average molecular weight is 359 g/mol. The van der Waals surface area contributed by atoms with E-state index in [-0.39, 0.29) is 24.0 Å². The quantitative estimate of drug-likeness (QED) is 0.278. The summed E-state index contributed by atoms with van der Waals surface area (Å²) in [6, 6.07) is 0. The summed E-state index contributed by atoms with van der Waals surface area (Å²) in [6.45, 7) is 9.54. The molecule has 0 radical (unpaired) electrons. The lowest BCUT2D eigenvalue weighted by Crippen LogP contribution is -3.00. The summed E-state index contributed by atoms with van der Waals surface area (Å²) in [7, 11) is 1.68. The molecule has 0 unspecified atom stereocenters. The molecule has 17 heavy (non-hydrogen) atoms. The van der Waals surface area contributed by atoms with Crippen molar-refractivity contribution >= 4 is 0 Å². The first-order valence-corrected chi connectivity index (χ1v) is 6.32. The van der Waals surface area contributed by atoms with Gasteiger partial charge in [0.15, 0.2) is 6.73 Å². The molecule has 0 bridgehead atoms. The molecule has 0 aromatic heterocycles. The minimum atomic E-state index is 0. The Bertz CT molecular complexity index is 175. The van der Waals surface area contributed by atoms with E-state index in [0.29, 0.717) is 26.4 Å². The van der Waals surface area contributed by atoms with Gasteiger partial charge >= 0.3 is 0 Å². The summed E-state index contributed by atoms with van der Waals surface area (Å²) >= 11 is 0. The molecule has 0 saturated carbocycles. The molecule has 1 aliphatic heterocycles. The Morgan fingerprint density at radius 1 is 0.941 bits per heavy atom. The SMILES string of the molecule is CC[N+]1(COCCOCCOC)CCCC1.[I-]. The summed E-state index contributed by atoms with van der Waals surface area (Å²) in [6.07, 6.45) is 2.70. The molecule has 1 saturated heterocycles. The van der Waals surface area contributed by atoms with Crippen LogP contribution in [0, 0.1) is 0 Å². The fraction of sp³-hybridized carbons (Fsp3) is 1.00. The van der Waals surface area contributed by atoms with Crippen molar-refractivity contribution in [1.29, 1.82) is 0 Å². The van der Waals surface area contributed by atoms with Crippen LogP contribution in [0.2, 0.25) is 0 Å². The number of methoxy groups -OCH3 is 1. The Kier molecular flexibility index (Phi) is 10.8. The average Bonchev–Trinajstić information content (AvgIpc) is 2.77. The number of quaternary nitrogens is 1. The predicted molar refractivity (Wildman–Crippen MR) is 63.3 cm³/mol. The lowest BCUT2D eigenvalue weighted by Gasteiger charge is -2.32. The van der Waals surface area contributed by atoms with Gasteiger partial charge in [0, 0.05) is 20.0 Å². The molecular weight excluding hydrogens is 333 g/mol. The zero-order valence-electron chi connectivity index (χ0n) is 11.1. The lowest BCUT2D eigenvalue weighted by atomic mass is 10.4. The van der Waals surface area contributed by atoms with Crippen molar-refractivity contribution in [3.63, 3.8) is 0 Å². The third kappa shape index (κ3) is 6.91. The van der Waals surface area contributed by atoms with Crippen LogP contribution in [0.3, 0.4) is 0 Å². The highest BCUT2D eigenvalue weighted by molar-refractivity contribution is 4.51. The molecule has 104 valence electrons. The van der Waals surface area contributed by atoms with Crippen molar-refractivity contribution in [2.45, 2.75) is 19.8 Å². The van der Waals surface area contributed by atoms with Crippen LogP contribution in [-0.4, -0.2) is 64.4 Å². The Labute approximate surface area is 122 Å². The molecule has 0 aromatic rings. The van der Waals surface area contributed by atoms with Crippen LogP contribution in [0.15, 0.2) is 0 Å². The Balaban J connectivity index is 0.00000256. The summed E-state index contributed by atoms with van der Waals surface area (Å²) in [5.74, 6) is 0. The maximum absolute atomic E-state index is 5.70. The molecule has 5 heteroatoms. The van der Waals surface area contributed by atoms with Crippen LogP contribution in [-0.2, 0) is 14.2 Å². The third-order valence-electron chi connectivity index (χ3n) is 3.35.